The van der Waals surface area contributed by atoms with E-state index in [2.05, 4.69) is 12.2 Å². The summed E-state index contributed by atoms with van der Waals surface area (Å²) in [5, 5.41) is 12.1. The maximum absolute atomic E-state index is 10.7. The first-order chi connectivity index (χ1) is 7.13. The van der Waals surface area contributed by atoms with Crippen LogP contribution in [0, 0.1) is 0 Å². The van der Waals surface area contributed by atoms with Gasteiger partial charge in [-0.2, -0.15) is 0 Å². The van der Waals surface area contributed by atoms with Gasteiger partial charge in [-0.1, -0.05) is 6.92 Å². The lowest BCUT2D eigenvalue weighted by Gasteiger charge is -2.23. The molecule has 1 aliphatic rings. The zero-order valence-corrected chi connectivity index (χ0v) is 9.53. The second kappa shape index (κ2) is 6.08. The van der Waals surface area contributed by atoms with Gasteiger partial charge in [-0.3, -0.25) is 4.79 Å². The van der Waals surface area contributed by atoms with Gasteiger partial charge < -0.3 is 15.2 Å². The van der Waals surface area contributed by atoms with Crippen LogP contribution in [-0.4, -0.2) is 35.9 Å². The molecule has 1 heterocycles. The van der Waals surface area contributed by atoms with Crippen LogP contribution in [0.1, 0.15) is 39.5 Å². The van der Waals surface area contributed by atoms with E-state index in [0.717, 1.165) is 25.8 Å². The van der Waals surface area contributed by atoms with Crippen LogP contribution in [0.4, 0.5) is 0 Å². The number of hydrogen-bond acceptors (Lipinski definition) is 3. The fourth-order valence-electron chi connectivity index (χ4n) is 1.98. The topological polar surface area (TPSA) is 58.6 Å². The molecule has 0 radical (unpaired) electrons. The Balaban J connectivity index is 2.43. The minimum absolute atomic E-state index is 0.0348. The highest BCUT2D eigenvalue weighted by Crippen LogP contribution is 2.23. The van der Waals surface area contributed by atoms with Crippen molar-refractivity contribution in [3.05, 3.63) is 0 Å². The average Bonchev–Trinajstić information content (AvgIpc) is 2.58. The first-order valence-electron chi connectivity index (χ1n) is 5.74. The van der Waals surface area contributed by atoms with E-state index < -0.39 is 5.97 Å². The summed E-state index contributed by atoms with van der Waals surface area (Å²) in [6, 6.07) is -0.0348. The molecule has 0 aromatic carbocycles. The lowest BCUT2D eigenvalue weighted by molar-refractivity contribution is -0.138. The molecule has 1 fully saturated rings. The molecule has 0 aromatic rings. The Morgan fingerprint density at radius 2 is 2.33 bits per heavy atom. The van der Waals surface area contributed by atoms with E-state index in [1.54, 1.807) is 0 Å². The second-order valence-corrected chi connectivity index (χ2v) is 4.22. The van der Waals surface area contributed by atoms with Crippen LogP contribution < -0.4 is 5.32 Å². The van der Waals surface area contributed by atoms with Gasteiger partial charge in [-0.25, -0.2) is 0 Å². The summed E-state index contributed by atoms with van der Waals surface area (Å²) in [7, 11) is 0. The Morgan fingerprint density at radius 3 is 2.80 bits per heavy atom. The van der Waals surface area contributed by atoms with Gasteiger partial charge in [0.1, 0.15) is 0 Å². The molecule has 0 spiro atoms. The Kier molecular flexibility index (Phi) is 5.05. The highest BCUT2D eigenvalue weighted by Gasteiger charge is 2.30. The van der Waals surface area contributed by atoms with E-state index in [0.29, 0.717) is 0 Å². The molecule has 0 saturated carbocycles. The quantitative estimate of drug-likeness (QED) is 0.703. The molecule has 0 amide bonds. The van der Waals surface area contributed by atoms with E-state index in [9.17, 15) is 4.79 Å². The van der Waals surface area contributed by atoms with Crippen molar-refractivity contribution in [2.45, 2.75) is 57.8 Å². The van der Waals surface area contributed by atoms with Gasteiger partial charge in [0.2, 0.25) is 0 Å². The molecule has 88 valence electrons. The van der Waals surface area contributed by atoms with Gasteiger partial charge in [0.05, 0.1) is 18.6 Å². The molecule has 1 saturated heterocycles. The van der Waals surface area contributed by atoms with Crippen molar-refractivity contribution in [2.75, 3.05) is 6.54 Å². The number of carbonyl (C=O) groups is 1. The van der Waals surface area contributed by atoms with Crippen LogP contribution in [0.25, 0.3) is 0 Å². The third-order valence-corrected chi connectivity index (χ3v) is 2.76. The molecule has 4 heteroatoms. The molecule has 3 atom stereocenters. The minimum Gasteiger partial charge on any atom is -0.481 e. The van der Waals surface area contributed by atoms with Crippen LogP contribution in [0.5, 0.6) is 0 Å². The van der Waals surface area contributed by atoms with Crippen molar-refractivity contribution in [2.24, 2.45) is 0 Å². The van der Waals surface area contributed by atoms with Crippen molar-refractivity contribution in [3.63, 3.8) is 0 Å². The first kappa shape index (κ1) is 12.5. The van der Waals surface area contributed by atoms with Crippen LogP contribution in [0.15, 0.2) is 0 Å². The standard InChI is InChI=1S/C11H21NO3/c1-3-6-12-9(7-11(13)14)10-5-4-8(2)15-10/h8-10,12H,3-7H2,1-2H3,(H,13,14). The Bertz CT molecular complexity index is 208. The van der Waals surface area contributed by atoms with Gasteiger partial charge in [0.15, 0.2) is 0 Å². The smallest absolute Gasteiger partial charge is 0.305 e. The summed E-state index contributed by atoms with van der Waals surface area (Å²) in [5.74, 6) is -0.758. The molecular formula is C11H21NO3. The van der Waals surface area contributed by atoms with E-state index in [1.165, 1.54) is 0 Å². The normalized spacial score (nSPS) is 27.9. The van der Waals surface area contributed by atoms with E-state index >= 15 is 0 Å². The Morgan fingerprint density at radius 1 is 1.60 bits per heavy atom. The molecular weight excluding hydrogens is 194 g/mol. The third kappa shape index (κ3) is 4.18. The molecule has 15 heavy (non-hydrogen) atoms. The zero-order valence-electron chi connectivity index (χ0n) is 9.53. The lowest BCUT2D eigenvalue weighted by Crippen LogP contribution is -2.41. The summed E-state index contributed by atoms with van der Waals surface area (Å²) in [4.78, 5) is 10.7. The summed E-state index contributed by atoms with van der Waals surface area (Å²) in [6.45, 7) is 4.97. The largest absolute Gasteiger partial charge is 0.481 e. The molecule has 1 rings (SSSR count). The molecule has 4 nitrogen and oxygen atoms in total. The highest BCUT2D eigenvalue weighted by atomic mass is 16.5. The lowest BCUT2D eigenvalue weighted by atomic mass is 10.0. The third-order valence-electron chi connectivity index (χ3n) is 2.76. The van der Waals surface area contributed by atoms with Crippen LogP contribution in [0.3, 0.4) is 0 Å². The fourth-order valence-corrected chi connectivity index (χ4v) is 1.98. The predicted octanol–water partition coefficient (Wildman–Crippen LogP) is 1.40. The number of aliphatic carboxylic acids is 1. The van der Waals surface area contributed by atoms with Crippen LogP contribution in [0.2, 0.25) is 0 Å². The Hall–Kier alpha value is -0.610. The number of carboxylic acid groups (broad SMARTS) is 1. The molecule has 1 aliphatic heterocycles. The fraction of sp³-hybridized carbons (Fsp3) is 0.909. The number of rotatable bonds is 6. The second-order valence-electron chi connectivity index (χ2n) is 4.22. The molecule has 2 N–H and O–H groups in total. The van der Waals surface area contributed by atoms with Crippen molar-refractivity contribution >= 4 is 5.97 Å². The average molecular weight is 215 g/mol. The maximum Gasteiger partial charge on any atom is 0.305 e. The number of carboxylic acids is 1. The van der Waals surface area contributed by atoms with Crippen molar-refractivity contribution in [3.8, 4) is 0 Å². The van der Waals surface area contributed by atoms with Gasteiger partial charge in [-0.05, 0) is 32.7 Å². The Labute approximate surface area is 91.0 Å². The summed E-state index contributed by atoms with van der Waals surface area (Å²) < 4.78 is 5.70. The number of hydrogen-bond donors (Lipinski definition) is 2. The summed E-state index contributed by atoms with van der Waals surface area (Å²) in [5.41, 5.74) is 0. The van der Waals surface area contributed by atoms with Crippen molar-refractivity contribution < 1.29 is 14.6 Å². The molecule has 0 aromatic heterocycles. The number of ether oxygens (including phenoxy) is 1. The SMILES string of the molecule is CCCNC(CC(=O)O)C1CCC(C)O1. The van der Waals surface area contributed by atoms with Gasteiger partial charge >= 0.3 is 5.97 Å². The van der Waals surface area contributed by atoms with Crippen molar-refractivity contribution in [1.82, 2.24) is 5.32 Å². The summed E-state index contributed by atoms with van der Waals surface area (Å²) >= 11 is 0. The number of nitrogens with one attached hydrogen (secondary N) is 1. The minimum atomic E-state index is -0.758. The first-order valence-corrected chi connectivity index (χ1v) is 5.74. The van der Waals surface area contributed by atoms with Crippen LogP contribution in [-0.2, 0) is 9.53 Å². The molecule has 0 bridgehead atoms. The highest BCUT2D eigenvalue weighted by molar-refractivity contribution is 5.67. The monoisotopic (exact) mass is 215 g/mol. The van der Waals surface area contributed by atoms with E-state index in [-0.39, 0.29) is 24.7 Å². The van der Waals surface area contributed by atoms with Gasteiger partial charge in [0, 0.05) is 6.04 Å². The van der Waals surface area contributed by atoms with Gasteiger partial charge in [-0.15, -0.1) is 0 Å². The predicted molar refractivity (Wildman–Crippen MR) is 57.9 cm³/mol. The zero-order chi connectivity index (χ0) is 11.3. The van der Waals surface area contributed by atoms with E-state index in [1.807, 2.05) is 6.92 Å². The summed E-state index contributed by atoms with van der Waals surface area (Å²) in [6.07, 6.45) is 3.51. The molecule has 0 aliphatic carbocycles. The van der Waals surface area contributed by atoms with E-state index in [4.69, 9.17) is 9.84 Å². The molecule has 3 unspecified atom stereocenters. The van der Waals surface area contributed by atoms with Crippen LogP contribution >= 0.6 is 0 Å². The maximum atomic E-state index is 10.7. The van der Waals surface area contributed by atoms with Crippen molar-refractivity contribution in [1.29, 1.82) is 0 Å². The van der Waals surface area contributed by atoms with Gasteiger partial charge in [0.25, 0.3) is 0 Å².